The molecule has 1 unspecified atom stereocenters. The second-order valence-electron chi connectivity index (χ2n) is 6.38. The molecule has 0 aliphatic carbocycles. The van der Waals surface area contributed by atoms with Crippen LogP contribution in [-0.2, 0) is 0 Å². The molecule has 0 amide bonds. The summed E-state index contributed by atoms with van der Waals surface area (Å²) in [5.74, 6) is 2.39. The van der Waals surface area contributed by atoms with E-state index in [4.69, 9.17) is 9.47 Å². The molecule has 25 heavy (non-hydrogen) atoms. The molecule has 0 radical (unpaired) electrons. The van der Waals surface area contributed by atoms with E-state index >= 15 is 0 Å². The van der Waals surface area contributed by atoms with Crippen LogP contribution in [0.3, 0.4) is 0 Å². The summed E-state index contributed by atoms with van der Waals surface area (Å²) in [6.45, 7) is 5.26. The zero-order valence-electron chi connectivity index (χ0n) is 15.7. The minimum Gasteiger partial charge on any atom is -0.496 e. The topological polar surface area (TPSA) is 18.5 Å². The number of hydrogen-bond acceptors (Lipinski definition) is 2. The van der Waals surface area contributed by atoms with Gasteiger partial charge in [-0.05, 0) is 36.1 Å². The Bertz CT molecular complexity index is 646. The molecule has 2 rings (SSSR count). The average molecular weight is 338 g/mol. The van der Waals surface area contributed by atoms with Crippen molar-refractivity contribution in [2.24, 2.45) is 5.92 Å². The lowest BCUT2D eigenvalue weighted by molar-refractivity contribution is 0.233. The van der Waals surface area contributed by atoms with Gasteiger partial charge in [-0.3, -0.25) is 0 Å². The van der Waals surface area contributed by atoms with E-state index in [-0.39, 0.29) is 0 Å². The smallest absolute Gasteiger partial charge is 0.126 e. The molecule has 0 saturated heterocycles. The van der Waals surface area contributed by atoms with Gasteiger partial charge in [0, 0.05) is 5.56 Å². The molecule has 0 saturated carbocycles. The van der Waals surface area contributed by atoms with Crippen LogP contribution < -0.4 is 9.47 Å². The number of unbranched alkanes of at least 4 members (excludes halogenated alkanes) is 1. The van der Waals surface area contributed by atoms with Crippen LogP contribution in [0.4, 0.5) is 0 Å². The van der Waals surface area contributed by atoms with Gasteiger partial charge in [-0.1, -0.05) is 75.6 Å². The number of hydrogen-bond donors (Lipinski definition) is 0. The maximum atomic E-state index is 6.06. The van der Waals surface area contributed by atoms with Gasteiger partial charge in [0.15, 0.2) is 0 Å². The van der Waals surface area contributed by atoms with E-state index in [1.807, 2.05) is 30.3 Å². The number of methoxy groups -OCH3 is 1. The third-order valence-electron chi connectivity index (χ3n) is 4.49. The predicted molar refractivity (Wildman–Crippen MR) is 107 cm³/mol. The van der Waals surface area contributed by atoms with E-state index in [2.05, 4.69) is 44.2 Å². The van der Waals surface area contributed by atoms with E-state index in [0.717, 1.165) is 30.1 Å². The Morgan fingerprint density at radius 1 is 1.00 bits per heavy atom. The summed E-state index contributed by atoms with van der Waals surface area (Å²) in [5, 5.41) is 0. The van der Waals surface area contributed by atoms with Crippen molar-refractivity contribution in [3.05, 3.63) is 59.7 Å². The van der Waals surface area contributed by atoms with Crippen LogP contribution in [0.25, 0.3) is 12.2 Å². The van der Waals surface area contributed by atoms with Crippen LogP contribution in [0.2, 0.25) is 0 Å². The van der Waals surface area contributed by atoms with Crippen molar-refractivity contribution in [3.63, 3.8) is 0 Å². The third-order valence-corrected chi connectivity index (χ3v) is 4.49. The van der Waals surface area contributed by atoms with E-state index in [1.165, 1.54) is 24.8 Å². The first-order valence-electron chi connectivity index (χ1n) is 9.30. The first-order chi connectivity index (χ1) is 12.3. The lowest BCUT2D eigenvalue weighted by atomic mass is 10.0. The van der Waals surface area contributed by atoms with E-state index in [1.54, 1.807) is 7.11 Å². The van der Waals surface area contributed by atoms with Gasteiger partial charge in [-0.15, -0.1) is 0 Å². The van der Waals surface area contributed by atoms with Crippen LogP contribution in [0.5, 0.6) is 11.5 Å². The van der Waals surface area contributed by atoms with Crippen molar-refractivity contribution in [2.75, 3.05) is 13.7 Å². The fraction of sp³-hybridized carbons (Fsp3) is 0.391. The summed E-state index contributed by atoms with van der Waals surface area (Å²) in [4.78, 5) is 0. The molecule has 2 aromatic rings. The van der Waals surface area contributed by atoms with Crippen molar-refractivity contribution >= 4 is 12.2 Å². The second kappa shape index (κ2) is 10.6. The molecular weight excluding hydrogens is 308 g/mol. The highest BCUT2D eigenvalue weighted by atomic mass is 16.5. The van der Waals surface area contributed by atoms with Gasteiger partial charge in [-0.25, -0.2) is 0 Å². The molecule has 134 valence electrons. The lowest BCUT2D eigenvalue weighted by Crippen LogP contribution is -2.11. The Balaban J connectivity index is 2.07. The maximum Gasteiger partial charge on any atom is 0.126 e. The second-order valence-corrected chi connectivity index (χ2v) is 6.38. The van der Waals surface area contributed by atoms with Gasteiger partial charge < -0.3 is 9.47 Å². The SMILES string of the molecule is CCCCC(CC)COc1ccc(OC)c(/C=C/c2ccccc2)c1. The highest BCUT2D eigenvalue weighted by Gasteiger charge is 2.08. The van der Waals surface area contributed by atoms with Crippen molar-refractivity contribution in [3.8, 4) is 11.5 Å². The van der Waals surface area contributed by atoms with Crippen LogP contribution in [0, 0.1) is 5.92 Å². The minimum absolute atomic E-state index is 0.630. The quantitative estimate of drug-likeness (QED) is 0.463. The molecule has 0 aliphatic heterocycles. The van der Waals surface area contributed by atoms with Gasteiger partial charge in [-0.2, -0.15) is 0 Å². The average Bonchev–Trinajstić information content (AvgIpc) is 2.67. The zero-order chi connectivity index (χ0) is 17.9. The number of ether oxygens (including phenoxy) is 2. The van der Waals surface area contributed by atoms with Gasteiger partial charge in [0.05, 0.1) is 13.7 Å². The normalized spacial score (nSPS) is 12.3. The molecule has 0 heterocycles. The van der Waals surface area contributed by atoms with Gasteiger partial charge in [0.25, 0.3) is 0 Å². The summed E-state index contributed by atoms with van der Waals surface area (Å²) in [6.07, 6.45) is 9.09. The fourth-order valence-electron chi connectivity index (χ4n) is 2.79. The van der Waals surface area contributed by atoms with Crippen molar-refractivity contribution in [1.29, 1.82) is 0 Å². The highest BCUT2D eigenvalue weighted by molar-refractivity contribution is 5.73. The predicted octanol–water partition coefficient (Wildman–Crippen LogP) is 6.46. The standard InChI is InChI=1S/C23H30O2/c1-4-6-10-19(5-2)18-25-22-15-16-23(24-3)21(17-22)14-13-20-11-8-7-9-12-20/h7-9,11-17,19H,4-6,10,18H2,1-3H3/b14-13+. The van der Waals surface area contributed by atoms with Crippen molar-refractivity contribution in [1.82, 2.24) is 0 Å². The van der Waals surface area contributed by atoms with Crippen LogP contribution in [0.1, 0.15) is 50.7 Å². The molecule has 2 aromatic carbocycles. The zero-order valence-corrected chi connectivity index (χ0v) is 15.7. The monoisotopic (exact) mass is 338 g/mol. The van der Waals surface area contributed by atoms with E-state index < -0.39 is 0 Å². The number of benzene rings is 2. The molecule has 0 aliphatic rings. The maximum absolute atomic E-state index is 6.06. The van der Waals surface area contributed by atoms with Crippen molar-refractivity contribution in [2.45, 2.75) is 39.5 Å². The first-order valence-corrected chi connectivity index (χ1v) is 9.30. The Morgan fingerprint density at radius 2 is 1.80 bits per heavy atom. The first kappa shape index (κ1) is 19.1. The number of rotatable bonds is 10. The van der Waals surface area contributed by atoms with Crippen molar-refractivity contribution < 1.29 is 9.47 Å². The molecule has 1 atom stereocenters. The Morgan fingerprint density at radius 3 is 2.48 bits per heavy atom. The summed E-state index contributed by atoms with van der Waals surface area (Å²) in [5.41, 5.74) is 2.20. The minimum atomic E-state index is 0.630. The molecule has 0 N–H and O–H groups in total. The van der Waals surface area contributed by atoms with Crippen LogP contribution >= 0.6 is 0 Å². The largest absolute Gasteiger partial charge is 0.496 e. The Labute approximate surface area is 152 Å². The molecular formula is C23H30O2. The van der Waals surface area contributed by atoms with E-state index in [9.17, 15) is 0 Å². The summed E-state index contributed by atoms with van der Waals surface area (Å²) in [6, 6.07) is 16.3. The Hall–Kier alpha value is -2.22. The van der Waals surface area contributed by atoms with Gasteiger partial charge >= 0.3 is 0 Å². The van der Waals surface area contributed by atoms with Gasteiger partial charge in [0.1, 0.15) is 11.5 Å². The Kier molecular flexibility index (Phi) is 8.11. The fourth-order valence-corrected chi connectivity index (χ4v) is 2.79. The molecule has 0 fully saturated rings. The van der Waals surface area contributed by atoms with E-state index in [0.29, 0.717) is 5.92 Å². The molecule has 0 aromatic heterocycles. The summed E-state index contributed by atoms with van der Waals surface area (Å²) in [7, 11) is 1.70. The third kappa shape index (κ3) is 6.30. The van der Waals surface area contributed by atoms with Crippen LogP contribution in [0.15, 0.2) is 48.5 Å². The van der Waals surface area contributed by atoms with Gasteiger partial charge in [0.2, 0.25) is 0 Å². The summed E-state index contributed by atoms with van der Waals surface area (Å²) < 4.78 is 11.5. The van der Waals surface area contributed by atoms with Crippen LogP contribution in [-0.4, -0.2) is 13.7 Å². The summed E-state index contributed by atoms with van der Waals surface area (Å²) >= 11 is 0. The molecule has 0 spiro atoms. The molecule has 0 bridgehead atoms. The molecule has 2 heteroatoms. The highest BCUT2D eigenvalue weighted by Crippen LogP contribution is 2.27. The lowest BCUT2D eigenvalue weighted by Gasteiger charge is -2.16. The molecule has 2 nitrogen and oxygen atoms in total.